The van der Waals surface area contributed by atoms with Crippen molar-refractivity contribution in [3.63, 3.8) is 0 Å². The van der Waals surface area contributed by atoms with Gasteiger partial charge in [0, 0.05) is 0 Å². The molecule has 182 valence electrons. The molecular weight excluding hydrogens is 372 g/mol. The maximum absolute atomic E-state index is 11.3. The minimum atomic E-state index is -1.34. The van der Waals surface area contributed by atoms with Gasteiger partial charge in [-0.2, -0.15) is 0 Å². The third-order valence-electron chi connectivity index (χ3n) is 6.75. The van der Waals surface area contributed by atoms with Crippen molar-refractivity contribution in [2.45, 2.75) is 173 Å². The number of hydrogen-bond donors (Lipinski definition) is 3. The maximum atomic E-state index is 11.3. The summed E-state index contributed by atoms with van der Waals surface area (Å²) < 4.78 is 0. The molecule has 3 nitrogen and oxygen atoms in total. The average molecular weight is 429 g/mol. The van der Waals surface area contributed by atoms with Gasteiger partial charge in [0.2, 0.25) is 0 Å². The standard InChI is InChI=1S/C27H56O3/c1-4-7-10-13-15-17-20-23-26(29)27(30,24-21-18-12-9-6-3)25(28)22-19-16-14-11-8-5-2/h25-26,28-30H,4-24H2,1-3H3. The quantitative estimate of drug-likeness (QED) is 0.146. The first-order valence-corrected chi connectivity index (χ1v) is 13.6. The van der Waals surface area contributed by atoms with Crippen molar-refractivity contribution in [2.24, 2.45) is 0 Å². The lowest BCUT2D eigenvalue weighted by Gasteiger charge is -2.38. The highest BCUT2D eigenvalue weighted by molar-refractivity contribution is 4.93. The minimum absolute atomic E-state index is 0.519. The van der Waals surface area contributed by atoms with Gasteiger partial charge in [-0.3, -0.25) is 0 Å². The summed E-state index contributed by atoms with van der Waals surface area (Å²) >= 11 is 0. The van der Waals surface area contributed by atoms with Gasteiger partial charge in [0.05, 0.1) is 12.2 Å². The molecule has 0 saturated carbocycles. The Morgan fingerprint density at radius 2 is 0.767 bits per heavy atom. The molecule has 0 rings (SSSR count). The Bertz CT molecular complexity index is 347. The van der Waals surface area contributed by atoms with E-state index in [1.54, 1.807) is 0 Å². The second-order valence-corrected chi connectivity index (χ2v) is 9.65. The summed E-state index contributed by atoms with van der Waals surface area (Å²) in [7, 11) is 0. The lowest BCUT2D eigenvalue weighted by Crippen LogP contribution is -2.52. The molecule has 0 radical (unpaired) electrons. The van der Waals surface area contributed by atoms with Crippen molar-refractivity contribution >= 4 is 0 Å². The van der Waals surface area contributed by atoms with Crippen LogP contribution in [0.25, 0.3) is 0 Å². The molecular formula is C27H56O3. The van der Waals surface area contributed by atoms with Gasteiger partial charge in [0.25, 0.3) is 0 Å². The molecule has 3 atom stereocenters. The SMILES string of the molecule is CCCCCCCCCC(O)C(O)(CCCCCCC)C(O)CCCCCCCC. The summed E-state index contributed by atoms with van der Waals surface area (Å²) in [6, 6.07) is 0. The van der Waals surface area contributed by atoms with E-state index in [2.05, 4.69) is 20.8 Å². The van der Waals surface area contributed by atoms with E-state index in [0.29, 0.717) is 19.3 Å². The summed E-state index contributed by atoms with van der Waals surface area (Å²) in [5, 5.41) is 33.0. The third-order valence-corrected chi connectivity index (χ3v) is 6.75. The van der Waals surface area contributed by atoms with E-state index in [1.165, 1.54) is 77.0 Å². The number of hydrogen-bond acceptors (Lipinski definition) is 3. The number of rotatable bonds is 23. The fourth-order valence-corrected chi connectivity index (χ4v) is 4.48. The van der Waals surface area contributed by atoms with Gasteiger partial charge in [0.1, 0.15) is 5.60 Å². The lowest BCUT2D eigenvalue weighted by molar-refractivity contribution is -0.156. The zero-order valence-electron chi connectivity index (χ0n) is 20.8. The van der Waals surface area contributed by atoms with Gasteiger partial charge in [-0.1, -0.05) is 136 Å². The third kappa shape index (κ3) is 14.8. The molecule has 0 aliphatic carbocycles. The van der Waals surface area contributed by atoms with Crippen LogP contribution in [-0.4, -0.2) is 33.1 Å². The van der Waals surface area contributed by atoms with Gasteiger partial charge in [0.15, 0.2) is 0 Å². The molecule has 30 heavy (non-hydrogen) atoms. The molecule has 0 heterocycles. The van der Waals surface area contributed by atoms with Crippen LogP contribution in [0.3, 0.4) is 0 Å². The molecule has 0 fully saturated rings. The fraction of sp³-hybridized carbons (Fsp3) is 1.00. The van der Waals surface area contributed by atoms with E-state index >= 15 is 0 Å². The molecule has 0 aliphatic heterocycles. The predicted molar refractivity (Wildman–Crippen MR) is 131 cm³/mol. The lowest BCUT2D eigenvalue weighted by atomic mass is 9.80. The van der Waals surface area contributed by atoms with Gasteiger partial charge in [-0.15, -0.1) is 0 Å². The second-order valence-electron chi connectivity index (χ2n) is 9.65. The molecule has 0 aromatic carbocycles. The first kappa shape index (κ1) is 29.9. The van der Waals surface area contributed by atoms with Gasteiger partial charge in [-0.05, 0) is 19.3 Å². The van der Waals surface area contributed by atoms with Crippen molar-refractivity contribution in [1.29, 1.82) is 0 Å². The Morgan fingerprint density at radius 3 is 1.13 bits per heavy atom. The molecule has 3 heteroatoms. The summed E-state index contributed by atoms with van der Waals surface area (Å²) in [5.41, 5.74) is -1.34. The van der Waals surface area contributed by atoms with Crippen LogP contribution in [0.4, 0.5) is 0 Å². The molecule has 0 bridgehead atoms. The van der Waals surface area contributed by atoms with Crippen LogP contribution in [0.2, 0.25) is 0 Å². The Balaban J connectivity index is 4.45. The van der Waals surface area contributed by atoms with E-state index < -0.39 is 17.8 Å². The number of unbranched alkanes of at least 4 members (excludes halogenated alkanes) is 15. The van der Waals surface area contributed by atoms with Crippen molar-refractivity contribution in [2.75, 3.05) is 0 Å². The van der Waals surface area contributed by atoms with Gasteiger partial charge in [-0.25, -0.2) is 0 Å². The molecule has 0 saturated heterocycles. The smallest absolute Gasteiger partial charge is 0.116 e. The minimum Gasteiger partial charge on any atom is -0.390 e. The largest absolute Gasteiger partial charge is 0.390 e. The zero-order chi connectivity index (χ0) is 22.5. The first-order chi connectivity index (χ1) is 14.5. The number of aliphatic hydroxyl groups is 3. The first-order valence-electron chi connectivity index (χ1n) is 13.6. The van der Waals surface area contributed by atoms with Crippen LogP contribution in [-0.2, 0) is 0 Å². The van der Waals surface area contributed by atoms with Crippen LogP contribution >= 0.6 is 0 Å². The van der Waals surface area contributed by atoms with Crippen molar-refractivity contribution < 1.29 is 15.3 Å². The van der Waals surface area contributed by atoms with Crippen LogP contribution in [0, 0.1) is 0 Å². The Morgan fingerprint density at radius 1 is 0.467 bits per heavy atom. The van der Waals surface area contributed by atoms with Crippen LogP contribution in [0.5, 0.6) is 0 Å². The van der Waals surface area contributed by atoms with E-state index in [1.807, 2.05) is 0 Å². The van der Waals surface area contributed by atoms with Crippen LogP contribution in [0.15, 0.2) is 0 Å². The highest BCUT2D eigenvalue weighted by Gasteiger charge is 2.41. The Hall–Kier alpha value is -0.120. The summed E-state index contributed by atoms with van der Waals surface area (Å²) in [5.74, 6) is 0. The van der Waals surface area contributed by atoms with E-state index in [-0.39, 0.29) is 0 Å². The monoisotopic (exact) mass is 428 g/mol. The van der Waals surface area contributed by atoms with Crippen molar-refractivity contribution in [1.82, 2.24) is 0 Å². The summed E-state index contributed by atoms with van der Waals surface area (Å²) in [4.78, 5) is 0. The van der Waals surface area contributed by atoms with Gasteiger partial charge < -0.3 is 15.3 Å². The molecule has 0 aromatic rings. The number of aliphatic hydroxyl groups excluding tert-OH is 2. The Labute approximate surface area is 189 Å². The Kier molecular flexibility index (Phi) is 20.7. The molecule has 0 aromatic heterocycles. The normalized spacial score (nSPS) is 15.8. The highest BCUT2D eigenvalue weighted by Crippen LogP contribution is 2.30. The van der Waals surface area contributed by atoms with Crippen LogP contribution < -0.4 is 0 Å². The van der Waals surface area contributed by atoms with Crippen molar-refractivity contribution in [3.8, 4) is 0 Å². The summed E-state index contributed by atoms with van der Waals surface area (Å²) in [6.07, 6.45) is 21.1. The van der Waals surface area contributed by atoms with E-state index in [0.717, 1.165) is 38.5 Å². The van der Waals surface area contributed by atoms with E-state index in [9.17, 15) is 15.3 Å². The van der Waals surface area contributed by atoms with E-state index in [4.69, 9.17) is 0 Å². The molecule has 0 spiro atoms. The van der Waals surface area contributed by atoms with Gasteiger partial charge >= 0.3 is 0 Å². The second kappa shape index (κ2) is 20.8. The summed E-state index contributed by atoms with van der Waals surface area (Å²) in [6.45, 7) is 6.65. The maximum Gasteiger partial charge on any atom is 0.116 e. The molecule has 0 amide bonds. The van der Waals surface area contributed by atoms with Crippen molar-refractivity contribution in [3.05, 3.63) is 0 Å². The zero-order valence-corrected chi connectivity index (χ0v) is 20.8. The average Bonchev–Trinajstić information content (AvgIpc) is 2.74. The molecule has 3 N–H and O–H groups in total. The molecule has 0 aliphatic rings. The predicted octanol–water partition coefficient (Wildman–Crippen LogP) is 7.69. The van der Waals surface area contributed by atoms with Crippen LogP contribution in [0.1, 0.15) is 156 Å². The topological polar surface area (TPSA) is 60.7 Å². The molecule has 3 unspecified atom stereocenters. The highest BCUT2D eigenvalue weighted by atomic mass is 16.4. The fourth-order valence-electron chi connectivity index (χ4n) is 4.48.